The van der Waals surface area contributed by atoms with E-state index in [4.69, 9.17) is 25.5 Å². The van der Waals surface area contributed by atoms with E-state index in [1.807, 2.05) is 6.92 Å². The number of hydrogen-bond donors (Lipinski definition) is 6. The van der Waals surface area contributed by atoms with Crippen molar-refractivity contribution in [3.63, 3.8) is 0 Å². The lowest BCUT2D eigenvalue weighted by Gasteiger charge is -2.17. The summed E-state index contributed by atoms with van der Waals surface area (Å²) in [5, 5.41) is 45.3. The van der Waals surface area contributed by atoms with Gasteiger partial charge >= 0.3 is 5.97 Å². The fourth-order valence-electron chi connectivity index (χ4n) is 1.52. The molecule has 1 atom stereocenters. The van der Waals surface area contributed by atoms with Crippen molar-refractivity contribution in [3.8, 4) is 0 Å². The minimum Gasteiger partial charge on any atom is -0.480 e. The van der Waals surface area contributed by atoms with Gasteiger partial charge in [-0.3, -0.25) is 9.69 Å². The van der Waals surface area contributed by atoms with Crippen LogP contribution >= 0.6 is 0 Å². The summed E-state index contributed by atoms with van der Waals surface area (Å²) in [5.74, 6) is -0.896. The molecule has 0 amide bonds. The number of aliphatic hydroxyl groups excluding tert-OH is 4. The normalized spacial score (nSPS) is 11.9. The Morgan fingerprint density at radius 3 is 1.76 bits per heavy atom. The smallest absolute Gasteiger partial charge is 0.320 e. The molecule has 0 unspecified atom stereocenters. The molecule has 0 rings (SSSR count). The van der Waals surface area contributed by atoms with Crippen molar-refractivity contribution in [1.29, 1.82) is 0 Å². The van der Waals surface area contributed by atoms with Crippen molar-refractivity contribution < 1.29 is 30.3 Å². The lowest BCUT2D eigenvalue weighted by molar-refractivity contribution is -0.139. The Bertz CT molecular complexity index is 216. The van der Waals surface area contributed by atoms with Gasteiger partial charge in [-0.2, -0.15) is 0 Å². The molecule has 0 aliphatic carbocycles. The van der Waals surface area contributed by atoms with E-state index in [1.54, 1.807) is 4.90 Å². The molecular formula is C13H30N2O6. The van der Waals surface area contributed by atoms with E-state index in [9.17, 15) is 4.79 Å². The number of carboxylic acids is 1. The number of carbonyl (C=O) groups is 1. The van der Waals surface area contributed by atoms with Crippen LogP contribution in [-0.2, 0) is 4.79 Å². The van der Waals surface area contributed by atoms with Crippen LogP contribution in [0, 0.1) is 0 Å². The number of nitrogens with zero attached hydrogens (tertiary/aromatic N) is 1. The third kappa shape index (κ3) is 15.4. The highest BCUT2D eigenvalue weighted by molar-refractivity contribution is 5.73. The zero-order chi connectivity index (χ0) is 16.5. The lowest BCUT2D eigenvalue weighted by Crippen LogP contribution is -2.37. The fraction of sp³-hybridized carbons (Fsp3) is 0.923. The predicted octanol–water partition coefficient (Wildman–Crippen LogP) is -1.91. The third-order valence-corrected chi connectivity index (χ3v) is 2.61. The topological polar surface area (TPSA) is 133 Å². The molecule has 0 saturated carbocycles. The van der Waals surface area contributed by atoms with Crippen LogP contribution < -0.4 is 5.32 Å². The highest BCUT2D eigenvalue weighted by Crippen LogP contribution is 1.90. The largest absolute Gasteiger partial charge is 0.480 e. The van der Waals surface area contributed by atoms with E-state index in [-0.39, 0.29) is 32.8 Å². The number of aliphatic hydroxyl groups is 4. The van der Waals surface area contributed by atoms with Gasteiger partial charge in [0.2, 0.25) is 0 Å². The molecule has 0 aromatic rings. The van der Waals surface area contributed by atoms with Gasteiger partial charge < -0.3 is 30.8 Å². The summed E-state index contributed by atoms with van der Waals surface area (Å²) in [6.45, 7) is 4.30. The van der Waals surface area contributed by atoms with Gasteiger partial charge in [-0.15, -0.1) is 0 Å². The monoisotopic (exact) mass is 310 g/mol. The van der Waals surface area contributed by atoms with Crippen LogP contribution in [-0.4, -0.2) is 95.1 Å². The zero-order valence-electron chi connectivity index (χ0n) is 12.7. The minimum atomic E-state index is -0.896. The fourth-order valence-corrected chi connectivity index (χ4v) is 1.52. The number of aliphatic carboxylic acids is 1. The Hall–Kier alpha value is -0.770. The first kappa shape index (κ1) is 22.5. The quantitative estimate of drug-likeness (QED) is 0.246. The number of carboxylic acid groups (broad SMARTS) is 1. The maximum Gasteiger partial charge on any atom is 0.320 e. The molecule has 8 nitrogen and oxygen atoms in total. The van der Waals surface area contributed by atoms with Crippen molar-refractivity contribution >= 4 is 5.97 Å². The first-order valence-electron chi connectivity index (χ1n) is 7.19. The summed E-state index contributed by atoms with van der Waals surface area (Å²) in [6, 6.07) is -0.597. The van der Waals surface area contributed by atoms with E-state index in [1.165, 1.54) is 0 Å². The van der Waals surface area contributed by atoms with E-state index < -0.39 is 12.0 Å². The SMILES string of the molecule is CCCN[C@@H](CCO)C(=O)O.OCCN(CCO)CCO. The Morgan fingerprint density at radius 2 is 1.48 bits per heavy atom. The summed E-state index contributed by atoms with van der Waals surface area (Å²) in [5.41, 5.74) is 0. The van der Waals surface area contributed by atoms with E-state index in [2.05, 4.69) is 5.32 Å². The summed E-state index contributed by atoms with van der Waals surface area (Å²) >= 11 is 0. The van der Waals surface area contributed by atoms with Crippen molar-refractivity contribution in [2.45, 2.75) is 25.8 Å². The summed E-state index contributed by atoms with van der Waals surface area (Å²) < 4.78 is 0. The predicted molar refractivity (Wildman–Crippen MR) is 79.1 cm³/mol. The number of nitrogens with one attached hydrogen (secondary N) is 1. The number of rotatable bonds is 12. The second-order valence-electron chi connectivity index (χ2n) is 4.37. The summed E-state index contributed by atoms with van der Waals surface area (Å²) in [6.07, 6.45) is 1.17. The first-order chi connectivity index (χ1) is 10.1. The molecule has 0 aliphatic rings. The molecule has 0 aromatic heterocycles. The maximum absolute atomic E-state index is 10.4. The van der Waals surface area contributed by atoms with E-state index >= 15 is 0 Å². The summed E-state index contributed by atoms with van der Waals surface area (Å²) in [4.78, 5) is 12.2. The molecular weight excluding hydrogens is 280 g/mol. The van der Waals surface area contributed by atoms with Crippen LogP contribution in [0.2, 0.25) is 0 Å². The Morgan fingerprint density at radius 1 is 1.00 bits per heavy atom. The molecule has 0 fully saturated rings. The van der Waals surface area contributed by atoms with Gasteiger partial charge in [0.25, 0.3) is 0 Å². The standard InChI is InChI=1S/C7H15NO3.C6H15NO3/c1-2-4-8-6(3-5-9)7(10)11;8-4-1-7(2-5-9)3-6-10/h6,8-9H,2-5H2,1H3,(H,10,11);8-10H,1-6H2/t6-;/m0./s1. The first-order valence-corrected chi connectivity index (χ1v) is 7.19. The Kier molecular flexibility index (Phi) is 18.5. The second kappa shape index (κ2) is 17.3. The molecule has 0 heterocycles. The number of hydrogen-bond acceptors (Lipinski definition) is 7. The van der Waals surface area contributed by atoms with Crippen LogP contribution in [0.3, 0.4) is 0 Å². The molecule has 0 bridgehead atoms. The van der Waals surface area contributed by atoms with Crippen LogP contribution in [0.1, 0.15) is 19.8 Å². The minimum absolute atomic E-state index is 0.0694. The molecule has 0 saturated heterocycles. The van der Waals surface area contributed by atoms with E-state index in [0.29, 0.717) is 26.2 Å². The van der Waals surface area contributed by atoms with Gasteiger partial charge in [-0.1, -0.05) is 6.92 Å². The highest BCUT2D eigenvalue weighted by atomic mass is 16.4. The van der Waals surface area contributed by atoms with Crippen molar-refractivity contribution in [3.05, 3.63) is 0 Å². The van der Waals surface area contributed by atoms with Crippen molar-refractivity contribution in [2.75, 3.05) is 52.6 Å². The average Bonchev–Trinajstić information content (AvgIpc) is 2.45. The van der Waals surface area contributed by atoms with Gasteiger partial charge in [0.1, 0.15) is 6.04 Å². The van der Waals surface area contributed by atoms with Gasteiger partial charge in [0, 0.05) is 26.2 Å². The van der Waals surface area contributed by atoms with Gasteiger partial charge in [-0.05, 0) is 19.4 Å². The lowest BCUT2D eigenvalue weighted by atomic mass is 10.2. The van der Waals surface area contributed by atoms with Gasteiger partial charge in [0.05, 0.1) is 19.8 Å². The molecule has 128 valence electrons. The Balaban J connectivity index is 0. The molecule has 21 heavy (non-hydrogen) atoms. The van der Waals surface area contributed by atoms with E-state index in [0.717, 1.165) is 6.42 Å². The van der Waals surface area contributed by atoms with Crippen molar-refractivity contribution in [1.82, 2.24) is 10.2 Å². The average molecular weight is 310 g/mol. The zero-order valence-corrected chi connectivity index (χ0v) is 12.7. The van der Waals surface area contributed by atoms with Crippen LogP contribution in [0.5, 0.6) is 0 Å². The van der Waals surface area contributed by atoms with Crippen molar-refractivity contribution in [2.24, 2.45) is 0 Å². The molecule has 6 N–H and O–H groups in total. The molecule has 0 aromatic carbocycles. The maximum atomic E-state index is 10.4. The second-order valence-corrected chi connectivity index (χ2v) is 4.37. The van der Waals surface area contributed by atoms with Crippen LogP contribution in [0.15, 0.2) is 0 Å². The van der Waals surface area contributed by atoms with Gasteiger partial charge in [0.15, 0.2) is 0 Å². The highest BCUT2D eigenvalue weighted by Gasteiger charge is 2.14. The molecule has 0 aliphatic heterocycles. The molecule has 0 spiro atoms. The molecule has 8 heteroatoms. The van der Waals surface area contributed by atoms with Gasteiger partial charge in [-0.25, -0.2) is 0 Å². The summed E-state index contributed by atoms with van der Waals surface area (Å²) in [7, 11) is 0. The third-order valence-electron chi connectivity index (χ3n) is 2.61. The Labute approximate surface area is 126 Å². The van der Waals surface area contributed by atoms with Crippen LogP contribution in [0.4, 0.5) is 0 Å². The van der Waals surface area contributed by atoms with Crippen LogP contribution in [0.25, 0.3) is 0 Å². The molecule has 0 radical (unpaired) electrons.